The molecule has 1 fully saturated rings. The van der Waals surface area contributed by atoms with Gasteiger partial charge in [0.05, 0.1) is 6.10 Å². The molecule has 1 saturated heterocycles. The second-order valence-electron chi connectivity index (χ2n) is 7.68. The lowest BCUT2D eigenvalue weighted by atomic mass is 9.76. The summed E-state index contributed by atoms with van der Waals surface area (Å²) < 4.78 is 12.2. The van der Waals surface area contributed by atoms with Gasteiger partial charge in [0.1, 0.15) is 11.5 Å². The Hall–Kier alpha value is -1.71. The van der Waals surface area contributed by atoms with Crippen LogP contribution in [0, 0.1) is 11.8 Å². The maximum absolute atomic E-state index is 6.19. The lowest BCUT2D eigenvalue weighted by Crippen LogP contribution is -2.41. The van der Waals surface area contributed by atoms with Crippen molar-refractivity contribution < 1.29 is 9.47 Å². The molecule has 144 valence electrons. The Morgan fingerprint density at radius 3 is 2.67 bits per heavy atom. The normalized spacial score (nSPS) is 24.6. The molecule has 0 amide bonds. The van der Waals surface area contributed by atoms with Crippen molar-refractivity contribution in [3.05, 3.63) is 53.1 Å². The van der Waals surface area contributed by atoms with Crippen LogP contribution in [-0.4, -0.2) is 12.6 Å². The van der Waals surface area contributed by atoms with Gasteiger partial charge in [-0.3, -0.25) is 0 Å². The molecule has 2 aromatic carbocycles. The highest BCUT2D eigenvalue weighted by molar-refractivity contribution is 6.30. The molecule has 1 unspecified atom stereocenters. The van der Waals surface area contributed by atoms with Crippen LogP contribution in [0.25, 0.3) is 0 Å². The van der Waals surface area contributed by atoms with Crippen LogP contribution in [-0.2, 0) is 4.74 Å². The molecule has 0 radical (unpaired) electrons. The van der Waals surface area contributed by atoms with Crippen molar-refractivity contribution in [3.63, 3.8) is 0 Å². The maximum Gasteiger partial charge on any atom is 0.127 e. The molecule has 2 aliphatic heterocycles. The third-order valence-electron chi connectivity index (χ3n) is 5.99. The summed E-state index contributed by atoms with van der Waals surface area (Å²) in [5.41, 5.74) is 2.42. The van der Waals surface area contributed by atoms with Crippen molar-refractivity contribution in [2.24, 2.45) is 11.8 Å². The quantitative estimate of drug-likeness (QED) is 0.591. The van der Waals surface area contributed by atoms with Crippen molar-refractivity contribution in [1.82, 2.24) is 0 Å². The fraction of sp³-hybridized carbons (Fsp3) is 0.478. The zero-order valence-corrected chi connectivity index (χ0v) is 16.8. The maximum atomic E-state index is 6.19. The second kappa shape index (κ2) is 8.12. The summed E-state index contributed by atoms with van der Waals surface area (Å²) >= 11 is 5.96. The van der Waals surface area contributed by atoms with E-state index in [2.05, 4.69) is 31.3 Å². The van der Waals surface area contributed by atoms with Crippen LogP contribution in [0.5, 0.6) is 11.5 Å². The highest BCUT2D eigenvalue weighted by Gasteiger charge is 2.43. The molecule has 0 aromatic heterocycles. The van der Waals surface area contributed by atoms with E-state index in [9.17, 15) is 0 Å². The molecule has 0 saturated carbocycles. The van der Waals surface area contributed by atoms with Gasteiger partial charge in [-0.2, -0.15) is 0 Å². The molecular weight excluding hydrogens is 358 g/mol. The van der Waals surface area contributed by atoms with E-state index in [0.717, 1.165) is 24.5 Å². The number of hydrogen-bond donors (Lipinski definition) is 1. The van der Waals surface area contributed by atoms with E-state index in [4.69, 9.17) is 21.1 Å². The van der Waals surface area contributed by atoms with E-state index < -0.39 is 0 Å². The molecule has 1 N–H and O–H groups in total. The largest absolute Gasteiger partial charge is 0.457 e. The Labute approximate surface area is 167 Å². The Morgan fingerprint density at radius 2 is 1.93 bits per heavy atom. The van der Waals surface area contributed by atoms with Crippen molar-refractivity contribution in [2.75, 3.05) is 11.9 Å². The van der Waals surface area contributed by atoms with Crippen LogP contribution in [0.3, 0.4) is 0 Å². The average Bonchev–Trinajstić information content (AvgIpc) is 3.18. The van der Waals surface area contributed by atoms with Crippen LogP contribution in [0.4, 0.5) is 5.69 Å². The van der Waals surface area contributed by atoms with Gasteiger partial charge in [-0.15, -0.1) is 0 Å². The first-order chi connectivity index (χ1) is 13.2. The number of hydrogen-bond acceptors (Lipinski definition) is 3. The zero-order chi connectivity index (χ0) is 18.8. The van der Waals surface area contributed by atoms with E-state index >= 15 is 0 Å². The molecule has 3 nitrogen and oxygen atoms in total. The van der Waals surface area contributed by atoms with E-state index in [1.165, 1.54) is 30.5 Å². The predicted molar refractivity (Wildman–Crippen MR) is 111 cm³/mol. The Kier molecular flexibility index (Phi) is 5.60. The van der Waals surface area contributed by atoms with Crippen LogP contribution in [0.1, 0.15) is 51.2 Å². The monoisotopic (exact) mass is 385 g/mol. The summed E-state index contributed by atoms with van der Waals surface area (Å²) in [7, 11) is 0. The van der Waals surface area contributed by atoms with Gasteiger partial charge in [0, 0.05) is 34.8 Å². The summed E-state index contributed by atoms with van der Waals surface area (Å²) in [6.07, 6.45) is 5.01. The van der Waals surface area contributed by atoms with E-state index in [1.54, 1.807) is 0 Å². The van der Waals surface area contributed by atoms with Gasteiger partial charge in [-0.25, -0.2) is 0 Å². The van der Waals surface area contributed by atoms with Crippen LogP contribution in [0.2, 0.25) is 5.02 Å². The average molecular weight is 386 g/mol. The number of fused-ring (bicyclic) bond motifs is 3. The summed E-state index contributed by atoms with van der Waals surface area (Å²) in [6, 6.07) is 14.3. The molecule has 27 heavy (non-hydrogen) atoms. The number of rotatable bonds is 6. The fourth-order valence-corrected chi connectivity index (χ4v) is 4.79. The van der Waals surface area contributed by atoms with Crippen LogP contribution in [0.15, 0.2) is 42.5 Å². The summed E-state index contributed by atoms with van der Waals surface area (Å²) in [5, 5.41) is 4.56. The topological polar surface area (TPSA) is 30.5 Å². The molecule has 0 bridgehead atoms. The first kappa shape index (κ1) is 18.6. The smallest absolute Gasteiger partial charge is 0.127 e. The second-order valence-corrected chi connectivity index (χ2v) is 8.11. The van der Waals surface area contributed by atoms with Gasteiger partial charge < -0.3 is 14.8 Å². The third-order valence-corrected chi connectivity index (χ3v) is 6.24. The number of ether oxygens (including phenoxy) is 2. The predicted octanol–water partition coefficient (Wildman–Crippen LogP) is 6.83. The molecule has 4 rings (SSSR count). The molecular formula is C23H28ClNO2. The molecule has 4 heteroatoms. The van der Waals surface area contributed by atoms with E-state index in [1.807, 2.05) is 30.3 Å². The van der Waals surface area contributed by atoms with Crippen molar-refractivity contribution in [3.8, 4) is 11.5 Å². The molecule has 0 aliphatic carbocycles. The van der Waals surface area contributed by atoms with E-state index in [0.29, 0.717) is 22.9 Å². The van der Waals surface area contributed by atoms with Crippen molar-refractivity contribution in [2.45, 2.75) is 51.7 Å². The fourth-order valence-electron chi connectivity index (χ4n) is 4.67. The number of anilines is 1. The van der Waals surface area contributed by atoms with Gasteiger partial charge in [0.25, 0.3) is 0 Å². The zero-order valence-electron chi connectivity index (χ0n) is 16.1. The van der Waals surface area contributed by atoms with Gasteiger partial charge in [-0.05, 0) is 61.2 Å². The first-order valence-corrected chi connectivity index (χ1v) is 10.5. The summed E-state index contributed by atoms with van der Waals surface area (Å²) in [5.74, 6) is 2.87. The van der Waals surface area contributed by atoms with Gasteiger partial charge >= 0.3 is 0 Å². The van der Waals surface area contributed by atoms with Gasteiger partial charge in [0.15, 0.2) is 0 Å². The lowest BCUT2D eigenvalue weighted by Gasteiger charge is -2.40. The van der Waals surface area contributed by atoms with Crippen LogP contribution >= 0.6 is 11.6 Å². The molecule has 0 spiro atoms. The Morgan fingerprint density at radius 1 is 1.15 bits per heavy atom. The SMILES string of the molecule is CCCC(CC)[C@H]1Nc2ccc(Oc3ccc(Cl)cc3)cc2[C@H]2OCC[C@H]21. The summed E-state index contributed by atoms with van der Waals surface area (Å²) in [4.78, 5) is 0. The minimum absolute atomic E-state index is 0.172. The number of nitrogens with one attached hydrogen (secondary N) is 1. The van der Waals surface area contributed by atoms with Crippen molar-refractivity contribution in [1.29, 1.82) is 0 Å². The van der Waals surface area contributed by atoms with E-state index in [-0.39, 0.29) is 6.10 Å². The minimum atomic E-state index is 0.172. The third kappa shape index (κ3) is 3.81. The number of halogens is 1. The molecule has 2 heterocycles. The van der Waals surface area contributed by atoms with Gasteiger partial charge in [0.2, 0.25) is 0 Å². The standard InChI is InChI=1S/C23H28ClNO2/c1-3-5-15(4-2)22-19-12-13-26-23(19)20-14-18(10-11-21(20)25-22)27-17-8-6-16(24)7-9-17/h6-11,14-15,19,22-23,25H,3-5,12-13H2,1-2H3/t15?,19-,22+,23-/m0/s1. The molecule has 4 atom stereocenters. The van der Waals surface area contributed by atoms with Gasteiger partial charge in [-0.1, -0.05) is 38.3 Å². The van der Waals surface area contributed by atoms with Crippen LogP contribution < -0.4 is 10.1 Å². The minimum Gasteiger partial charge on any atom is -0.457 e. The first-order valence-electron chi connectivity index (χ1n) is 10.1. The van der Waals surface area contributed by atoms with Crippen molar-refractivity contribution >= 4 is 17.3 Å². The Bertz CT molecular complexity index is 776. The highest BCUT2D eigenvalue weighted by atomic mass is 35.5. The molecule has 2 aliphatic rings. The Balaban J connectivity index is 1.60. The lowest BCUT2D eigenvalue weighted by molar-refractivity contribution is 0.0751. The number of benzene rings is 2. The highest BCUT2D eigenvalue weighted by Crippen LogP contribution is 2.48. The summed E-state index contributed by atoms with van der Waals surface area (Å²) in [6.45, 7) is 5.44. The molecule has 2 aromatic rings.